The normalized spacial score (nSPS) is 10.8. The summed E-state index contributed by atoms with van der Waals surface area (Å²) < 4.78 is 1.71. The molecular weight excluding hydrogens is 404 g/mol. The lowest BCUT2D eigenvalue weighted by atomic mass is 10.2. The van der Waals surface area contributed by atoms with Crippen LogP contribution in [0.1, 0.15) is 5.56 Å². The van der Waals surface area contributed by atoms with Gasteiger partial charge in [0.25, 0.3) is 5.69 Å². The molecule has 1 amide bonds. The second kappa shape index (κ2) is 8.29. The monoisotopic (exact) mass is 420 g/mol. The average Bonchev–Trinajstić information content (AvgIpc) is 3.19. The van der Waals surface area contributed by atoms with Crippen molar-refractivity contribution < 1.29 is 9.72 Å². The molecule has 2 heterocycles. The molecule has 4 aromatic rings. The number of nitrogens with one attached hydrogen (secondary N) is 1. The largest absolute Gasteiger partial charge is 0.325 e. The first kappa shape index (κ1) is 19.5. The van der Waals surface area contributed by atoms with Crippen LogP contribution in [0.4, 0.5) is 11.4 Å². The van der Waals surface area contributed by atoms with E-state index in [2.05, 4.69) is 20.4 Å². The fourth-order valence-corrected chi connectivity index (χ4v) is 3.67. The zero-order valence-corrected chi connectivity index (χ0v) is 16.7. The van der Waals surface area contributed by atoms with Gasteiger partial charge in [-0.3, -0.25) is 14.9 Å². The highest BCUT2D eigenvalue weighted by Gasteiger charge is 2.15. The van der Waals surface area contributed by atoms with E-state index in [9.17, 15) is 14.9 Å². The maximum atomic E-state index is 12.3. The van der Waals surface area contributed by atoms with E-state index in [0.29, 0.717) is 21.9 Å². The Labute approximate surface area is 175 Å². The molecule has 1 N–H and O–H groups in total. The summed E-state index contributed by atoms with van der Waals surface area (Å²) in [5.41, 5.74) is 2.40. The van der Waals surface area contributed by atoms with Gasteiger partial charge in [0.1, 0.15) is 11.4 Å². The molecule has 0 saturated carbocycles. The van der Waals surface area contributed by atoms with E-state index >= 15 is 0 Å². The summed E-state index contributed by atoms with van der Waals surface area (Å²) in [5.74, 6) is -0.204. The maximum Gasteiger partial charge on any atom is 0.274 e. The number of thioether (sulfide) groups is 1. The molecule has 0 atom stereocenters. The smallest absolute Gasteiger partial charge is 0.274 e. The zero-order valence-electron chi connectivity index (χ0n) is 15.8. The predicted molar refractivity (Wildman–Crippen MR) is 114 cm³/mol. The number of nitro groups is 1. The summed E-state index contributed by atoms with van der Waals surface area (Å²) in [4.78, 5) is 31.5. The number of carbonyl (C=O) groups is 1. The van der Waals surface area contributed by atoms with Crippen molar-refractivity contribution in [3.05, 3.63) is 76.7 Å². The topological polar surface area (TPSA) is 116 Å². The van der Waals surface area contributed by atoms with Crippen molar-refractivity contribution in [2.45, 2.75) is 11.9 Å². The molecule has 0 aliphatic rings. The lowest BCUT2D eigenvalue weighted by Gasteiger charge is -2.07. The molecule has 0 spiro atoms. The molecule has 30 heavy (non-hydrogen) atoms. The number of nitrogens with zero attached hydrogens (tertiary/aromatic N) is 5. The Balaban J connectivity index is 1.49. The van der Waals surface area contributed by atoms with Gasteiger partial charge in [-0.15, -0.1) is 0 Å². The first-order valence-electron chi connectivity index (χ1n) is 8.95. The van der Waals surface area contributed by atoms with Crippen molar-refractivity contribution in [2.24, 2.45) is 0 Å². The molecule has 0 fully saturated rings. The van der Waals surface area contributed by atoms with E-state index in [-0.39, 0.29) is 17.3 Å². The molecule has 0 aliphatic carbocycles. The average molecular weight is 420 g/mol. The maximum absolute atomic E-state index is 12.3. The molecule has 10 heteroatoms. The molecule has 0 aliphatic heterocycles. The number of hydrogen-bond acceptors (Lipinski definition) is 7. The molecule has 0 unspecified atom stereocenters. The van der Waals surface area contributed by atoms with Crippen molar-refractivity contribution in [2.75, 3.05) is 11.1 Å². The van der Waals surface area contributed by atoms with Gasteiger partial charge in [0.05, 0.1) is 27.9 Å². The highest BCUT2D eigenvalue weighted by Crippen LogP contribution is 2.26. The Hall–Kier alpha value is -3.79. The van der Waals surface area contributed by atoms with Crippen LogP contribution < -0.4 is 5.32 Å². The number of anilines is 1. The van der Waals surface area contributed by atoms with Crippen LogP contribution in [-0.4, -0.2) is 36.3 Å². The van der Waals surface area contributed by atoms with Gasteiger partial charge in [-0.25, -0.2) is 14.6 Å². The van der Waals surface area contributed by atoms with Crippen LogP contribution in [0.5, 0.6) is 0 Å². The van der Waals surface area contributed by atoms with Crippen LogP contribution in [0.25, 0.3) is 16.7 Å². The van der Waals surface area contributed by atoms with Crippen molar-refractivity contribution in [1.82, 2.24) is 19.7 Å². The molecule has 9 nitrogen and oxygen atoms in total. The highest BCUT2D eigenvalue weighted by atomic mass is 32.2. The SMILES string of the molecule is Cc1ccc(NC(=O)CSc2ncnc3c2cnn3-c2ccccc2)cc1[N+](=O)[O-]. The van der Waals surface area contributed by atoms with Crippen molar-refractivity contribution >= 4 is 40.1 Å². The molecular formula is C20H16N6O3S. The van der Waals surface area contributed by atoms with Gasteiger partial charge >= 0.3 is 0 Å². The Bertz CT molecular complexity index is 1240. The first-order valence-corrected chi connectivity index (χ1v) is 9.93. The fourth-order valence-electron chi connectivity index (χ4n) is 2.91. The van der Waals surface area contributed by atoms with Gasteiger partial charge in [-0.05, 0) is 25.1 Å². The minimum absolute atomic E-state index is 0.0358. The summed E-state index contributed by atoms with van der Waals surface area (Å²) in [6.45, 7) is 1.65. The van der Waals surface area contributed by atoms with Crippen LogP contribution in [0.2, 0.25) is 0 Å². The molecule has 150 valence electrons. The van der Waals surface area contributed by atoms with Crippen molar-refractivity contribution in [1.29, 1.82) is 0 Å². The molecule has 2 aromatic carbocycles. The van der Waals surface area contributed by atoms with Gasteiger partial charge in [-0.1, -0.05) is 36.0 Å². The number of benzene rings is 2. The minimum Gasteiger partial charge on any atom is -0.325 e. The highest BCUT2D eigenvalue weighted by molar-refractivity contribution is 8.00. The van der Waals surface area contributed by atoms with Crippen LogP contribution in [0.15, 0.2) is 66.1 Å². The van der Waals surface area contributed by atoms with Gasteiger partial charge in [0.2, 0.25) is 5.91 Å². The van der Waals surface area contributed by atoms with Crippen LogP contribution >= 0.6 is 11.8 Å². The third-order valence-electron chi connectivity index (χ3n) is 4.36. The van der Waals surface area contributed by atoms with Crippen molar-refractivity contribution in [3.8, 4) is 5.69 Å². The Morgan fingerprint density at radius 3 is 2.77 bits per heavy atom. The van der Waals surface area contributed by atoms with E-state index in [1.165, 1.54) is 24.2 Å². The van der Waals surface area contributed by atoms with E-state index in [0.717, 1.165) is 11.1 Å². The summed E-state index contributed by atoms with van der Waals surface area (Å²) in [7, 11) is 0. The third kappa shape index (κ3) is 3.98. The summed E-state index contributed by atoms with van der Waals surface area (Å²) in [6.07, 6.45) is 3.11. The predicted octanol–water partition coefficient (Wildman–Crippen LogP) is 3.76. The molecule has 2 aromatic heterocycles. The Kier molecular flexibility index (Phi) is 5.40. The molecule has 0 bridgehead atoms. The Morgan fingerprint density at radius 2 is 2.00 bits per heavy atom. The van der Waals surface area contributed by atoms with E-state index in [1.807, 2.05) is 30.3 Å². The lowest BCUT2D eigenvalue weighted by molar-refractivity contribution is -0.385. The summed E-state index contributed by atoms with van der Waals surface area (Å²) in [6, 6.07) is 14.2. The van der Waals surface area contributed by atoms with Gasteiger partial charge in [0, 0.05) is 17.3 Å². The summed E-state index contributed by atoms with van der Waals surface area (Å²) in [5, 5.41) is 19.5. The summed E-state index contributed by atoms with van der Waals surface area (Å²) >= 11 is 1.25. The van der Waals surface area contributed by atoms with E-state index in [4.69, 9.17) is 0 Å². The van der Waals surface area contributed by atoms with E-state index in [1.54, 1.807) is 29.9 Å². The van der Waals surface area contributed by atoms with Crippen LogP contribution in [-0.2, 0) is 4.79 Å². The van der Waals surface area contributed by atoms with E-state index < -0.39 is 4.92 Å². The number of carbonyl (C=O) groups excluding carboxylic acids is 1. The minimum atomic E-state index is -0.470. The molecule has 0 radical (unpaired) electrons. The second-order valence-corrected chi connectivity index (χ2v) is 7.37. The standard InChI is InChI=1S/C20H16N6O3S/c1-13-7-8-14(9-17(13)26(28)29)24-18(27)11-30-20-16-10-23-25(19(16)21-12-22-20)15-5-3-2-4-6-15/h2-10,12H,11H2,1H3,(H,24,27). The fraction of sp³-hybridized carbons (Fsp3) is 0.100. The number of fused-ring (bicyclic) bond motifs is 1. The molecule has 4 rings (SSSR count). The number of amides is 1. The second-order valence-electron chi connectivity index (χ2n) is 6.40. The number of aromatic nitrogens is 4. The van der Waals surface area contributed by atoms with Crippen LogP contribution in [0, 0.1) is 17.0 Å². The number of hydrogen-bond donors (Lipinski definition) is 1. The Morgan fingerprint density at radius 1 is 1.20 bits per heavy atom. The number of rotatable bonds is 6. The first-order chi connectivity index (χ1) is 14.5. The number of nitro benzene ring substituents is 1. The zero-order chi connectivity index (χ0) is 21.1. The van der Waals surface area contributed by atoms with Crippen molar-refractivity contribution in [3.63, 3.8) is 0 Å². The number of aryl methyl sites for hydroxylation is 1. The third-order valence-corrected chi connectivity index (χ3v) is 5.36. The van der Waals surface area contributed by atoms with Gasteiger partial charge in [-0.2, -0.15) is 5.10 Å². The van der Waals surface area contributed by atoms with Gasteiger partial charge < -0.3 is 5.32 Å². The van der Waals surface area contributed by atoms with Crippen LogP contribution in [0.3, 0.4) is 0 Å². The quantitative estimate of drug-likeness (QED) is 0.218. The lowest BCUT2D eigenvalue weighted by Crippen LogP contribution is -2.14. The van der Waals surface area contributed by atoms with Gasteiger partial charge in [0.15, 0.2) is 5.65 Å². The number of para-hydroxylation sites is 1. The molecule has 0 saturated heterocycles.